The van der Waals surface area contributed by atoms with Crippen LogP contribution in [-0.2, 0) is 9.53 Å². The van der Waals surface area contributed by atoms with Crippen molar-refractivity contribution in [2.75, 3.05) is 26.8 Å². The number of aliphatic hydroxyl groups excluding tert-OH is 1. The second-order valence-corrected chi connectivity index (χ2v) is 5.29. The predicted molar refractivity (Wildman–Crippen MR) is 72.3 cm³/mol. The zero-order valence-electron chi connectivity index (χ0n) is 10.9. The highest BCUT2D eigenvalue weighted by atomic mass is 32.1. The first-order chi connectivity index (χ1) is 9.02. The van der Waals surface area contributed by atoms with Crippen molar-refractivity contribution in [2.45, 2.75) is 13.0 Å². The molecular weight excluding hydrogens is 268 g/mol. The number of rotatable bonds is 7. The van der Waals surface area contributed by atoms with Crippen LogP contribution in [0.3, 0.4) is 0 Å². The summed E-state index contributed by atoms with van der Waals surface area (Å²) in [6.07, 6.45) is -0.746. The second kappa shape index (κ2) is 7.88. The van der Waals surface area contributed by atoms with E-state index in [1.165, 1.54) is 18.4 Å². The standard InChI is InChI=1S/C12H18N2O4S/c1-8-3-4-10(19-8)12(17)14-6-11(16)13-5-9(15)7-18-2/h3-4,9,15H,5-7H2,1-2H3,(H,13,16)(H,14,17). The van der Waals surface area contributed by atoms with E-state index in [1.807, 2.05) is 13.0 Å². The Balaban J connectivity index is 2.25. The molecule has 1 unspecified atom stereocenters. The van der Waals surface area contributed by atoms with E-state index < -0.39 is 6.10 Å². The molecule has 1 heterocycles. The molecule has 0 saturated heterocycles. The van der Waals surface area contributed by atoms with Crippen LogP contribution in [0.1, 0.15) is 14.5 Å². The Kier molecular flexibility index (Phi) is 6.48. The molecule has 3 N–H and O–H groups in total. The summed E-state index contributed by atoms with van der Waals surface area (Å²) < 4.78 is 4.72. The molecule has 0 saturated carbocycles. The van der Waals surface area contributed by atoms with Crippen molar-refractivity contribution >= 4 is 23.2 Å². The topological polar surface area (TPSA) is 87.7 Å². The minimum atomic E-state index is -0.746. The molecule has 6 nitrogen and oxygen atoms in total. The Morgan fingerprint density at radius 2 is 2.16 bits per heavy atom. The number of carbonyl (C=O) groups excluding carboxylic acids is 2. The smallest absolute Gasteiger partial charge is 0.261 e. The Bertz CT molecular complexity index is 433. The number of amides is 2. The first kappa shape index (κ1) is 15.6. The van der Waals surface area contributed by atoms with Crippen LogP contribution in [0.2, 0.25) is 0 Å². The average Bonchev–Trinajstić information content (AvgIpc) is 2.80. The molecule has 106 valence electrons. The summed E-state index contributed by atoms with van der Waals surface area (Å²) in [4.78, 5) is 24.7. The fourth-order valence-corrected chi connectivity index (χ4v) is 2.13. The van der Waals surface area contributed by atoms with Gasteiger partial charge in [0.1, 0.15) is 0 Å². The maximum atomic E-state index is 11.7. The molecule has 0 fully saturated rings. The van der Waals surface area contributed by atoms with Crippen LogP contribution in [0.4, 0.5) is 0 Å². The van der Waals surface area contributed by atoms with E-state index in [0.29, 0.717) is 4.88 Å². The van der Waals surface area contributed by atoms with Gasteiger partial charge in [-0.3, -0.25) is 9.59 Å². The Morgan fingerprint density at radius 1 is 1.42 bits per heavy atom. The van der Waals surface area contributed by atoms with Crippen LogP contribution in [0, 0.1) is 6.92 Å². The van der Waals surface area contributed by atoms with E-state index in [4.69, 9.17) is 4.74 Å². The lowest BCUT2D eigenvalue weighted by molar-refractivity contribution is -0.120. The first-order valence-electron chi connectivity index (χ1n) is 5.81. The molecule has 0 aromatic carbocycles. The molecule has 1 aromatic heterocycles. The Hall–Kier alpha value is -1.44. The van der Waals surface area contributed by atoms with Gasteiger partial charge in [-0.05, 0) is 19.1 Å². The van der Waals surface area contributed by atoms with Crippen LogP contribution in [0.25, 0.3) is 0 Å². The number of hydrogen-bond donors (Lipinski definition) is 3. The molecule has 0 aliphatic heterocycles. The summed E-state index contributed by atoms with van der Waals surface area (Å²) in [5.41, 5.74) is 0. The van der Waals surface area contributed by atoms with Gasteiger partial charge < -0.3 is 20.5 Å². The van der Waals surface area contributed by atoms with Crippen molar-refractivity contribution in [3.05, 3.63) is 21.9 Å². The number of hydrogen-bond acceptors (Lipinski definition) is 5. The second-order valence-electron chi connectivity index (χ2n) is 4.01. The summed E-state index contributed by atoms with van der Waals surface area (Å²) in [6.45, 7) is 2.04. The van der Waals surface area contributed by atoms with Gasteiger partial charge in [-0.15, -0.1) is 11.3 Å². The van der Waals surface area contributed by atoms with Crippen LogP contribution in [0.5, 0.6) is 0 Å². The minimum absolute atomic E-state index is 0.0979. The van der Waals surface area contributed by atoms with Crippen molar-refractivity contribution < 1.29 is 19.4 Å². The molecule has 1 rings (SSSR count). The van der Waals surface area contributed by atoms with E-state index in [2.05, 4.69) is 10.6 Å². The lowest BCUT2D eigenvalue weighted by atomic mass is 10.3. The number of thiophene rings is 1. The Labute approximate surface area is 115 Å². The lowest BCUT2D eigenvalue weighted by Crippen LogP contribution is -2.40. The highest BCUT2D eigenvalue weighted by Gasteiger charge is 2.10. The van der Waals surface area contributed by atoms with Gasteiger partial charge in [0.25, 0.3) is 5.91 Å². The van der Waals surface area contributed by atoms with E-state index in [-0.39, 0.29) is 31.5 Å². The van der Waals surface area contributed by atoms with Gasteiger partial charge in [0, 0.05) is 18.5 Å². The number of methoxy groups -OCH3 is 1. The number of carbonyl (C=O) groups is 2. The zero-order chi connectivity index (χ0) is 14.3. The van der Waals surface area contributed by atoms with Crippen LogP contribution in [-0.4, -0.2) is 49.8 Å². The molecule has 0 aliphatic rings. The highest BCUT2D eigenvalue weighted by Crippen LogP contribution is 2.14. The predicted octanol–water partition coefficient (Wildman–Crippen LogP) is -0.0902. The van der Waals surface area contributed by atoms with Gasteiger partial charge in [0.05, 0.1) is 24.1 Å². The van der Waals surface area contributed by atoms with E-state index in [0.717, 1.165) is 4.88 Å². The average molecular weight is 286 g/mol. The van der Waals surface area contributed by atoms with Crippen LogP contribution in [0.15, 0.2) is 12.1 Å². The van der Waals surface area contributed by atoms with Crippen molar-refractivity contribution in [3.8, 4) is 0 Å². The summed E-state index contributed by atoms with van der Waals surface area (Å²) >= 11 is 1.37. The minimum Gasteiger partial charge on any atom is -0.389 e. The number of aryl methyl sites for hydroxylation is 1. The Morgan fingerprint density at radius 3 is 2.74 bits per heavy atom. The summed E-state index contributed by atoms with van der Waals surface area (Å²) in [5, 5.41) is 14.3. The number of aliphatic hydroxyl groups is 1. The maximum absolute atomic E-state index is 11.7. The molecule has 0 aliphatic carbocycles. The fraction of sp³-hybridized carbons (Fsp3) is 0.500. The largest absolute Gasteiger partial charge is 0.389 e. The van der Waals surface area contributed by atoms with Crippen molar-refractivity contribution in [3.63, 3.8) is 0 Å². The molecule has 1 aromatic rings. The monoisotopic (exact) mass is 286 g/mol. The third-order valence-corrected chi connectivity index (χ3v) is 3.27. The van der Waals surface area contributed by atoms with E-state index in [1.54, 1.807) is 6.07 Å². The molecule has 0 radical (unpaired) electrons. The van der Waals surface area contributed by atoms with Gasteiger partial charge in [0.2, 0.25) is 5.91 Å². The fourth-order valence-electron chi connectivity index (χ4n) is 1.35. The molecule has 1 atom stereocenters. The van der Waals surface area contributed by atoms with Gasteiger partial charge in [0.15, 0.2) is 0 Å². The SMILES string of the molecule is COCC(O)CNC(=O)CNC(=O)c1ccc(C)s1. The summed E-state index contributed by atoms with van der Waals surface area (Å²) in [7, 11) is 1.47. The summed E-state index contributed by atoms with van der Waals surface area (Å²) in [6, 6.07) is 3.57. The van der Waals surface area contributed by atoms with Gasteiger partial charge >= 0.3 is 0 Å². The van der Waals surface area contributed by atoms with Gasteiger partial charge in [-0.2, -0.15) is 0 Å². The molecule has 2 amide bonds. The van der Waals surface area contributed by atoms with Crippen LogP contribution >= 0.6 is 11.3 Å². The first-order valence-corrected chi connectivity index (χ1v) is 6.63. The quantitative estimate of drug-likeness (QED) is 0.654. The van der Waals surface area contributed by atoms with Crippen molar-refractivity contribution in [1.82, 2.24) is 10.6 Å². The molecule has 0 bridgehead atoms. The number of ether oxygens (including phenoxy) is 1. The lowest BCUT2D eigenvalue weighted by Gasteiger charge is -2.10. The normalized spacial score (nSPS) is 11.9. The third kappa shape index (κ3) is 5.82. The van der Waals surface area contributed by atoms with Gasteiger partial charge in [-0.1, -0.05) is 0 Å². The van der Waals surface area contributed by atoms with E-state index >= 15 is 0 Å². The number of nitrogens with one attached hydrogen (secondary N) is 2. The van der Waals surface area contributed by atoms with E-state index in [9.17, 15) is 14.7 Å². The maximum Gasteiger partial charge on any atom is 0.261 e. The molecule has 7 heteroatoms. The molecule has 0 spiro atoms. The molecular formula is C12H18N2O4S. The van der Waals surface area contributed by atoms with Crippen LogP contribution < -0.4 is 10.6 Å². The molecule has 19 heavy (non-hydrogen) atoms. The van der Waals surface area contributed by atoms with Crippen molar-refractivity contribution in [2.24, 2.45) is 0 Å². The van der Waals surface area contributed by atoms with Gasteiger partial charge in [-0.25, -0.2) is 0 Å². The zero-order valence-corrected chi connectivity index (χ0v) is 11.8. The third-order valence-electron chi connectivity index (χ3n) is 2.27. The summed E-state index contributed by atoms with van der Waals surface area (Å²) in [5.74, 6) is -0.623. The highest BCUT2D eigenvalue weighted by molar-refractivity contribution is 7.13. The van der Waals surface area contributed by atoms with Crippen molar-refractivity contribution in [1.29, 1.82) is 0 Å².